The number of nitrogens with zero attached hydrogens (tertiary/aromatic N) is 2. The second-order valence-electron chi connectivity index (χ2n) is 5.43. The van der Waals surface area contributed by atoms with E-state index in [1.54, 1.807) is 6.07 Å². The maximum Gasteiger partial charge on any atom is 0.180 e. The van der Waals surface area contributed by atoms with Crippen LogP contribution in [-0.4, -0.2) is 15.4 Å². The van der Waals surface area contributed by atoms with Crippen LogP contribution in [0.5, 0.6) is 0 Å². The number of halogens is 1. The Balaban J connectivity index is 2.24. The molecule has 100 valence electrons. The molecule has 2 aromatic rings. The zero-order chi connectivity index (χ0) is 14.0. The Labute approximate surface area is 121 Å². The zero-order valence-electron chi connectivity index (χ0n) is 11.1. The average molecular weight is 295 g/mol. The van der Waals surface area contributed by atoms with Crippen molar-refractivity contribution < 1.29 is 4.79 Å². The summed E-state index contributed by atoms with van der Waals surface area (Å²) in [6.45, 7) is 6.08. The molecule has 0 aliphatic heterocycles. The van der Waals surface area contributed by atoms with Gasteiger partial charge in [0.25, 0.3) is 0 Å². The molecule has 0 fully saturated rings. The van der Waals surface area contributed by atoms with Crippen molar-refractivity contribution in [1.29, 1.82) is 0 Å². The number of ketones is 1. The summed E-state index contributed by atoms with van der Waals surface area (Å²) in [5.41, 5.74) is 1.50. The fourth-order valence-corrected chi connectivity index (χ4v) is 2.80. The zero-order valence-corrected chi connectivity index (χ0v) is 12.7. The molecule has 0 bridgehead atoms. The fraction of sp³-hybridized carbons (Fsp3) is 0.357. The summed E-state index contributed by atoms with van der Waals surface area (Å²) >= 11 is 7.09. The Morgan fingerprint density at radius 3 is 2.74 bits per heavy atom. The Hall–Kier alpha value is -1.26. The van der Waals surface area contributed by atoms with Crippen LogP contribution in [0.4, 0.5) is 0 Å². The summed E-state index contributed by atoms with van der Waals surface area (Å²) in [5, 5.41) is 4.73. The van der Waals surface area contributed by atoms with Gasteiger partial charge in [-0.25, -0.2) is 0 Å². The Morgan fingerprint density at radius 2 is 2.11 bits per heavy atom. The molecule has 0 spiro atoms. The van der Waals surface area contributed by atoms with Crippen molar-refractivity contribution in [2.45, 2.75) is 32.6 Å². The second-order valence-corrected chi connectivity index (χ2v) is 6.62. The minimum atomic E-state index is -0.174. The molecule has 1 aromatic carbocycles. The van der Waals surface area contributed by atoms with Crippen LogP contribution in [0.1, 0.15) is 41.7 Å². The van der Waals surface area contributed by atoms with Gasteiger partial charge in [0.15, 0.2) is 5.78 Å². The molecular formula is C14H15ClN2OS. The first-order chi connectivity index (χ1) is 8.88. The summed E-state index contributed by atoms with van der Waals surface area (Å²) in [7, 11) is 0. The molecule has 0 saturated carbocycles. The van der Waals surface area contributed by atoms with E-state index >= 15 is 0 Å². The van der Waals surface area contributed by atoms with Crippen LogP contribution in [0.2, 0.25) is 5.02 Å². The summed E-state index contributed by atoms with van der Waals surface area (Å²) < 4.78 is 3.91. The van der Waals surface area contributed by atoms with E-state index in [2.05, 4.69) is 9.59 Å². The first kappa shape index (κ1) is 14.2. The summed E-state index contributed by atoms with van der Waals surface area (Å²) in [6, 6.07) is 7.35. The molecule has 2 rings (SSSR count). The van der Waals surface area contributed by atoms with Gasteiger partial charge < -0.3 is 0 Å². The second kappa shape index (κ2) is 5.39. The smallest absolute Gasteiger partial charge is 0.180 e. The summed E-state index contributed by atoms with van der Waals surface area (Å²) in [6.07, 6.45) is 0.327. The average Bonchev–Trinajstić information content (AvgIpc) is 2.77. The number of carbonyl (C=O) groups is 1. The van der Waals surface area contributed by atoms with Gasteiger partial charge >= 0.3 is 0 Å². The van der Waals surface area contributed by atoms with Gasteiger partial charge in [-0.1, -0.05) is 49.0 Å². The molecule has 3 nitrogen and oxygen atoms in total. The van der Waals surface area contributed by atoms with Crippen LogP contribution in [0.3, 0.4) is 0 Å². The molecule has 0 aliphatic rings. The normalized spacial score (nSPS) is 11.6. The molecule has 0 unspecified atom stereocenters. The van der Waals surface area contributed by atoms with Crippen LogP contribution in [-0.2, 0) is 11.8 Å². The fourth-order valence-electron chi connectivity index (χ4n) is 1.78. The highest BCUT2D eigenvalue weighted by molar-refractivity contribution is 7.08. The lowest BCUT2D eigenvalue weighted by molar-refractivity contribution is 0.0994. The van der Waals surface area contributed by atoms with E-state index in [4.69, 9.17) is 11.6 Å². The third-order valence-electron chi connectivity index (χ3n) is 2.71. The SMILES string of the molecule is CC(C)(C)c1nnsc1C(=O)Cc1cccc(Cl)c1. The van der Waals surface area contributed by atoms with Crippen LogP contribution in [0.25, 0.3) is 0 Å². The third kappa shape index (κ3) is 3.39. The number of rotatable bonds is 3. The molecule has 1 heterocycles. The molecular weight excluding hydrogens is 280 g/mol. The number of hydrogen-bond acceptors (Lipinski definition) is 4. The number of carbonyl (C=O) groups excluding carboxylic acids is 1. The minimum Gasteiger partial charge on any atom is -0.293 e. The first-order valence-electron chi connectivity index (χ1n) is 5.98. The van der Waals surface area contributed by atoms with Crippen LogP contribution >= 0.6 is 23.1 Å². The van der Waals surface area contributed by atoms with Crippen molar-refractivity contribution in [1.82, 2.24) is 9.59 Å². The van der Waals surface area contributed by atoms with E-state index in [0.717, 1.165) is 22.8 Å². The van der Waals surface area contributed by atoms with Gasteiger partial charge in [0.2, 0.25) is 0 Å². The molecule has 0 aliphatic carbocycles. The molecule has 19 heavy (non-hydrogen) atoms. The number of hydrogen-bond donors (Lipinski definition) is 0. The minimum absolute atomic E-state index is 0.0437. The van der Waals surface area contributed by atoms with Crippen LogP contribution in [0.15, 0.2) is 24.3 Å². The molecule has 0 radical (unpaired) electrons. The summed E-state index contributed by atoms with van der Waals surface area (Å²) in [4.78, 5) is 13.0. The monoisotopic (exact) mass is 294 g/mol. The number of aromatic nitrogens is 2. The largest absolute Gasteiger partial charge is 0.293 e. The van der Waals surface area contributed by atoms with Crippen molar-refractivity contribution >= 4 is 28.9 Å². The molecule has 5 heteroatoms. The highest BCUT2D eigenvalue weighted by Crippen LogP contribution is 2.27. The Kier molecular flexibility index (Phi) is 4.02. The van der Waals surface area contributed by atoms with Crippen molar-refractivity contribution in [3.05, 3.63) is 45.4 Å². The van der Waals surface area contributed by atoms with Gasteiger partial charge in [0.1, 0.15) is 4.88 Å². The number of benzene rings is 1. The van der Waals surface area contributed by atoms with Gasteiger partial charge in [0.05, 0.1) is 5.69 Å². The molecule has 1 aromatic heterocycles. The van der Waals surface area contributed by atoms with E-state index in [1.807, 2.05) is 39.0 Å². The van der Waals surface area contributed by atoms with Gasteiger partial charge in [-0.3, -0.25) is 4.79 Å². The van der Waals surface area contributed by atoms with Crippen molar-refractivity contribution in [2.75, 3.05) is 0 Å². The van der Waals surface area contributed by atoms with Crippen molar-refractivity contribution in [3.8, 4) is 0 Å². The topological polar surface area (TPSA) is 42.9 Å². The maximum absolute atomic E-state index is 12.3. The number of Topliss-reactive ketones (excluding diaryl/α,β-unsaturated/α-hetero) is 1. The van der Waals surface area contributed by atoms with Crippen molar-refractivity contribution in [3.63, 3.8) is 0 Å². The van der Waals surface area contributed by atoms with E-state index in [1.165, 1.54) is 0 Å². The van der Waals surface area contributed by atoms with E-state index < -0.39 is 0 Å². The highest BCUT2D eigenvalue weighted by atomic mass is 35.5. The third-order valence-corrected chi connectivity index (χ3v) is 3.71. The van der Waals surface area contributed by atoms with Gasteiger partial charge in [-0.2, -0.15) is 0 Å². The van der Waals surface area contributed by atoms with E-state index in [0.29, 0.717) is 16.3 Å². The van der Waals surface area contributed by atoms with Gasteiger partial charge in [-0.05, 0) is 29.2 Å². The maximum atomic E-state index is 12.3. The standard InChI is InChI=1S/C14H15ClN2OS/c1-14(2,3)13-12(19-17-16-13)11(18)8-9-5-4-6-10(15)7-9/h4-7H,8H2,1-3H3. The Bertz CT molecular complexity index is 601. The van der Waals surface area contributed by atoms with E-state index in [-0.39, 0.29) is 11.2 Å². The van der Waals surface area contributed by atoms with Crippen molar-refractivity contribution in [2.24, 2.45) is 0 Å². The lowest BCUT2D eigenvalue weighted by Crippen LogP contribution is -2.17. The van der Waals surface area contributed by atoms with E-state index in [9.17, 15) is 4.79 Å². The van der Waals surface area contributed by atoms with Gasteiger partial charge in [0, 0.05) is 16.9 Å². The highest BCUT2D eigenvalue weighted by Gasteiger charge is 2.26. The summed E-state index contributed by atoms with van der Waals surface area (Å²) in [5.74, 6) is 0.0437. The molecule has 0 N–H and O–H groups in total. The quantitative estimate of drug-likeness (QED) is 0.806. The first-order valence-corrected chi connectivity index (χ1v) is 7.13. The predicted octanol–water partition coefficient (Wildman–Crippen LogP) is 3.91. The lowest BCUT2D eigenvalue weighted by atomic mass is 9.90. The van der Waals surface area contributed by atoms with Crippen LogP contribution in [0, 0.1) is 0 Å². The van der Waals surface area contributed by atoms with Gasteiger partial charge in [-0.15, -0.1) is 5.10 Å². The van der Waals surface area contributed by atoms with Crippen LogP contribution < -0.4 is 0 Å². The Morgan fingerprint density at radius 1 is 1.37 bits per heavy atom. The molecule has 0 saturated heterocycles. The molecule has 0 amide bonds. The molecule has 0 atom stereocenters. The predicted molar refractivity (Wildman–Crippen MR) is 78.1 cm³/mol. The lowest BCUT2D eigenvalue weighted by Gasteiger charge is -2.15.